The minimum atomic E-state index is -0.343. The number of para-hydroxylation sites is 1. The molecule has 2 rings (SSSR count). The van der Waals surface area contributed by atoms with Crippen molar-refractivity contribution in [2.75, 3.05) is 11.1 Å². The van der Waals surface area contributed by atoms with Gasteiger partial charge in [0, 0.05) is 17.1 Å². The first-order valence-electron chi connectivity index (χ1n) is 6.55. The van der Waals surface area contributed by atoms with Crippen molar-refractivity contribution in [3.8, 4) is 0 Å². The molecule has 0 bridgehead atoms. The number of hydrogen-bond acceptors (Lipinski definition) is 3. The van der Waals surface area contributed by atoms with Gasteiger partial charge in [-0.1, -0.05) is 18.2 Å². The Labute approximate surface area is 127 Å². The van der Waals surface area contributed by atoms with E-state index < -0.39 is 0 Å². The van der Waals surface area contributed by atoms with Crippen LogP contribution in [0, 0.1) is 12.7 Å². The van der Waals surface area contributed by atoms with E-state index in [1.807, 2.05) is 31.2 Å². The van der Waals surface area contributed by atoms with Crippen LogP contribution in [-0.4, -0.2) is 11.7 Å². The van der Waals surface area contributed by atoms with Gasteiger partial charge in [-0.3, -0.25) is 4.79 Å². The molecule has 5 heteroatoms. The molecule has 0 radical (unpaired) electrons. The molecule has 2 aromatic carbocycles. The summed E-state index contributed by atoms with van der Waals surface area (Å²) in [6, 6.07) is 12.5. The Morgan fingerprint density at radius 2 is 2.05 bits per heavy atom. The molecule has 0 spiro atoms. The van der Waals surface area contributed by atoms with Crippen LogP contribution in [0.4, 0.5) is 10.1 Å². The van der Waals surface area contributed by atoms with Gasteiger partial charge in [0.05, 0.1) is 5.75 Å². The van der Waals surface area contributed by atoms with Crippen molar-refractivity contribution in [2.24, 2.45) is 5.73 Å². The van der Waals surface area contributed by atoms with Gasteiger partial charge in [0.15, 0.2) is 0 Å². The molecule has 110 valence electrons. The number of hydrogen-bond donors (Lipinski definition) is 2. The summed E-state index contributed by atoms with van der Waals surface area (Å²) in [4.78, 5) is 11.9. The number of carbonyl (C=O) groups is 1. The highest BCUT2D eigenvalue weighted by molar-refractivity contribution is 8.00. The van der Waals surface area contributed by atoms with E-state index >= 15 is 0 Å². The van der Waals surface area contributed by atoms with Gasteiger partial charge >= 0.3 is 0 Å². The van der Waals surface area contributed by atoms with Crippen LogP contribution in [0.25, 0.3) is 0 Å². The molecule has 2 aromatic rings. The number of anilines is 1. The average molecular weight is 304 g/mol. The van der Waals surface area contributed by atoms with Crippen molar-refractivity contribution in [3.05, 3.63) is 59.4 Å². The lowest BCUT2D eigenvalue weighted by molar-refractivity contribution is -0.115. The molecular formula is C16H17FN2OS. The fourth-order valence-corrected chi connectivity index (χ4v) is 2.70. The van der Waals surface area contributed by atoms with Crippen molar-refractivity contribution in [2.45, 2.75) is 18.4 Å². The zero-order valence-electron chi connectivity index (χ0n) is 11.7. The molecule has 0 aliphatic carbocycles. The summed E-state index contributed by atoms with van der Waals surface area (Å²) in [7, 11) is 0. The SMILES string of the molecule is Cc1cc(F)ccc1CNc1ccccc1SCC(N)=O. The van der Waals surface area contributed by atoms with Crippen molar-refractivity contribution in [3.63, 3.8) is 0 Å². The highest BCUT2D eigenvalue weighted by atomic mass is 32.2. The van der Waals surface area contributed by atoms with Gasteiger partial charge in [-0.2, -0.15) is 0 Å². The van der Waals surface area contributed by atoms with Gasteiger partial charge in [-0.25, -0.2) is 4.39 Å². The molecule has 0 saturated heterocycles. The summed E-state index contributed by atoms with van der Waals surface area (Å²) in [5, 5.41) is 3.32. The maximum absolute atomic E-state index is 13.1. The Balaban J connectivity index is 2.07. The molecule has 21 heavy (non-hydrogen) atoms. The third-order valence-electron chi connectivity index (χ3n) is 3.03. The smallest absolute Gasteiger partial charge is 0.227 e. The highest BCUT2D eigenvalue weighted by Gasteiger charge is 2.05. The van der Waals surface area contributed by atoms with E-state index in [9.17, 15) is 9.18 Å². The molecule has 0 unspecified atom stereocenters. The molecule has 0 aromatic heterocycles. The second-order valence-corrected chi connectivity index (χ2v) is 5.69. The Morgan fingerprint density at radius 3 is 2.76 bits per heavy atom. The first-order chi connectivity index (χ1) is 10.1. The number of primary amides is 1. The van der Waals surface area contributed by atoms with Gasteiger partial charge in [-0.15, -0.1) is 11.8 Å². The van der Waals surface area contributed by atoms with E-state index in [2.05, 4.69) is 5.32 Å². The molecule has 3 N–H and O–H groups in total. The summed E-state index contributed by atoms with van der Waals surface area (Å²) in [6.07, 6.45) is 0. The van der Waals surface area contributed by atoms with Gasteiger partial charge in [0.1, 0.15) is 5.82 Å². The van der Waals surface area contributed by atoms with Crippen molar-refractivity contribution in [1.82, 2.24) is 0 Å². The average Bonchev–Trinajstić information content (AvgIpc) is 2.45. The fourth-order valence-electron chi connectivity index (χ4n) is 1.94. The number of nitrogens with two attached hydrogens (primary N) is 1. The van der Waals surface area contributed by atoms with Gasteiger partial charge in [0.25, 0.3) is 0 Å². The van der Waals surface area contributed by atoms with E-state index in [0.29, 0.717) is 6.54 Å². The fraction of sp³-hybridized carbons (Fsp3) is 0.188. The molecule has 0 fully saturated rings. The molecule has 0 aliphatic rings. The lowest BCUT2D eigenvalue weighted by Gasteiger charge is -2.12. The highest BCUT2D eigenvalue weighted by Crippen LogP contribution is 2.27. The largest absolute Gasteiger partial charge is 0.380 e. The lowest BCUT2D eigenvalue weighted by Crippen LogP contribution is -2.13. The number of aryl methyl sites for hydroxylation is 1. The van der Waals surface area contributed by atoms with Crippen LogP contribution in [0.3, 0.4) is 0 Å². The van der Waals surface area contributed by atoms with Crippen LogP contribution in [0.5, 0.6) is 0 Å². The van der Waals surface area contributed by atoms with Crippen LogP contribution in [0.2, 0.25) is 0 Å². The topological polar surface area (TPSA) is 55.1 Å². The number of benzene rings is 2. The standard InChI is InChI=1S/C16H17FN2OS/c1-11-8-13(17)7-6-12(11)9-19-14-4-2-3-5-15(14)21-10-16(18)20/h2-8,19H,9-10H2,1H3,(H2,18,20). The van der Waals surface area contributed by atoms with E-state index in [0.717, 1.165) is 21.7 Å². The Hall–Kier alpha value is -2.01. The van der Waals surface area contributed by atoms with Crippen LogP contribution in [0.1, 0.15) is 11.1 Å². The molecule has 3 nitrogen and oxygen atoms in total. The normalized spacial score (nSPS) is 10.4. The summed E-state index contributed by atoms with van der Waals surface area (Å²) in [5.41, 5.74) is 8.05. The van der Waals surface area contributed by atoms with Crippen LogP contribution in [0.15, 0.2) is 47.4 Å². The van der Waals surface area contributed by atoms with E-state index in [4.69, 9.17) is 5.73 Å². The first kappa shape index (κ1) is 15.4. The third-order valence-corrected chi connectivity index (χ3v) is 4.13. The maximum Gasteiger partial charge on any atom is 0.227 e. The number of nitrogens with one attached hydrogen (secondary N) is 1. The van der Waals surface area contributed by atoms with Crippen molar-refractivity contribution >= 4 is 23.4 Å². The van der Waals surface area contributed by atoms with Crippen LogP contribution in [-0.2, 0) is 11.3 Å². The predicted molar refractivity (Wildman–Crippen MR) is 84.8 cm³/mol. The Kier molecular flexibility index (Phi) is 5.22. The number of rotatable bonds is 6. The van der Waals surface area contributed by atoms with Gasteiger partial charge < -0.3 is 11.1 Å². The zero-order valence-corrected chi connectivity index (χ0v) is 12.5. The number of amides is 1. The number of halogens is 1. The maximum atomic E-state index is 13.1. The second kappa shape index (κ2) is 7.13. The van der Waals surface area contributed by atoms with Gasteiger partial charge in [-0.05, 0) is 42.3 Å². The van der Waals surface area contributed by atoms with Crippen LogP contribution >= 0.6 is 11.8 Å². The monoisotopic (exact) mass is 304 g/mol. The lowest BCUT2D eigenvalue weighted by atomic mass is 10.1. The predicted octanol–water partition coefficient (Wildman–Crippen LogP) is 3.32. The number of carbonyl (C=O) groups excluding carboxylic acids is 1. The Morgan fingerprint density at radius 1 is 1.29 bits per heavy atom. The van der Waals surface area contributed by atoms with E-state index in [1.165, 1.54) is 23.9 Å². The molecule has 0 heterocycles. The molecule has 0 saturated carbocycles. The van der Waals surface area contributed by atoms with Crippen LogP contribution < -0.4 is 11.1 Å². The molecule has 1 amide bonds. The Bertz CT molecular complexity index is 646. The van der Waals surface area contributed by atoms with Crippen molar-refractivity contribution in [1.29, 1.82) is 0 Å². The zero-order chi connectivity index (χ0) is 15.2. The molecule has 0 atom stereocenters. The van der Waals surface area contributed by atoms with Gasteiger partial charge in [0.2, 0.25) is 5.91 Å². The summed E-state index contributed by atoms with van der Waals surface area (Å²) < 4.78 is 13.1. The minimum Gasteiger partial charge on any atom is -0.380 e. The van der Waals surface area contributed by atoms with E-state index in [-0.39, 0.29) is 17.5 Å². The van der Waals surface area contributed by atoms with Crippen molar-refractivity contribution < 1.29 is 9.18 Å². The quantitative estimate of drug-likeness (QED) is 0.805. The molecule has 0 aliphatic heterocycles. The second-order valence-electron chi connectivity index (χ2n) is 4.68. The third kappa shape index (κ3) is 4.49. The van der Waals surface area contributed by atoms with E-state index in [1.54, 1.807) is 6.07 Å². The summed E-state index contributed by atoms with van der Waals surface area (Å²) in [6.45, 7) is 2.48. The summed E-state index contributed by atoms with van der Waals surface area (Å²) >= 11 is 1.40. The first-order valence-corrected chi connectivity index (χ1v) is 7.54. The number of thioether (sulfide) groups is 1. The summed E-state index contributed by atoms with van der Waals surface area (Å²) in [5.74, 6) is -0.327. The minimum absolute atomic E-state index is 0.228. The molecular weight excluding hydrogens is 287 g/mol.